The van der Waals surface area contributed by atoms with Crippen molar-refractivity contribution in [2.24, 2.45) is 5.73 Å². The number of urea groups is 1. The average Bonchev–Trinajstić information content (AvgIpc) is 3.17. The number of nitrogens with zero attached hydrogens (tertiary/aromatic N) is 5. The molecule has 1 unspecified atom stereocenters. The Bertz CT molecular complexity index is 950. The van der Waals surface area contributed by atoms with Crippen molar-refractivity contribution >= 4 is 23.4 Å². The molecule has 4 rings (SSSR count). The van der Waals surface area contributed by atoms with Crippen molar-refractivity contribution < 1.29 is 9.18 Å². The van der Waals surface area contributed by atoms with Gasteiger partial charge in [-0.1, -0.05) is 24.6 Å². The summed E-state index contributed by atoms with van der Waals surface area (Å²) in [5, 5.41) is 0.0714. The Balaban J connectivity index is 1.42. The Morgan fingerprint density at radius 1 is 1.29 bits per heavy atom. The number of rotatable bonds is 5. The summed E-state index contributed by atoms with van der Waals surface area (Å²) in [4.78, 5) is 27.9. The van der Waals surface area contributed by atoms with Crippen molar-refractivity contribution in [2.75, 3.05) is 44.2 Å². The molecule has 0 radical (unpaired) electrons. The zero-order valence-corrected chi connectivity index (χ0v) is 18.5. The van der Waals surface area contributed by atoms with Gasteiger partial charge in [-0.25, -0.2) is 19.2 Å². The second-order valence-corrected chi connectivity index (χ2v) is 8.62. The lowest BCUT2D eigenvalue weighted by Gasteiger charge is -2.38. The summed E-state index contributed by atoms with van der Waals surface area (Å²) in [6.45, 7) is 5.89. The molecule has 0 bridgehead atoms. The molecule has 2 heterocycles. The van der Waals surface area contributed by atoms with Crippen molar-refractivity contribution in [1.82, 2.24) is 19.8 Å². The van der Waals surface area contributed by atoms with Crippen LogP contribution in [-0.4, -0.2) is 65.1 Å². The molecule has 2 aromatic rings. The molecular formula is C22H28ClFN6O. The Morgan fingerprint density at radius 3 is 2.77 bits per heavy atom. The number of fused-ring (bicyclic) bond motifs is 1. The van der Waals surface area contributed by atoms with Gasteiger partial charge >= 0.3 is 6.03 Å². The van der Waals surface area contributed by atoms with Crippen LogP contribution in [0.4, 0.5) is 15.0 Å². The molecule has 1 aromatic carbocycles. The second kappa shape index (κ2) is 9.36. The van der Waals surface area contributed by atoms with E-state index in [1.165, 1.54) is 17.7 Å². The SMILES string of the molecule is CC1CCc2ncnc(N3CCN(C(=O)N(CCN)Cc4ccc(Cl)c(F)c4)CC3)c21. The first-order valence-corrected chi connectivity index (χ1v) is 11.1. The number of carbonyl (C=O) groups excluding carboxylic acids is 1. The van der Waals surface area contributed by atoms with E-state index >= 15 is 0 Å². The van der Waals surface area contributed by atoms with Gasteiger partial charge in [0.1, 0.15) is 18.0 Å². The number of amides is 2. The van der Waals surface area contributed by atoms with Crippen LogP contribution in [0.3, 0.4) is 0 Å². The molecule has 2 amide bonds. The Morgan fingerprint density at radius 2 is 2.06 bits per heavy atom. The minimum absolute atomic E-state index is 0.0714. The molecule has 2 aliphatic rings. The van der Waals surface area contributed by atoms with Crippen molar-refractivity contribution in [3.63, 3.8) is 0 Å². The van der Waals surface area contributed by atoms with Crippen LogP contribution in [0.1, 0.15) is 36.1 Å². The number of aryl methyl sites for hydroxylation is 1. The predicted octanol–water partition coefficient (Wildman–Crippen LogP) is 3.02. The van der Waals surface area contributed by atoms with E-state index in [0.29, 0.717) is 57.3 Å². The Hall–Kier alpha value is -2.45. The molecule has 0 spiro atoms. The van der Waals surface area contributed by atoms with Crippen LogP contribution < -0.4 is 10.6 Å². The van der Waals surface area contributed by atoms with Crippen LogP contribution in [0, 0.1) is 5.82 Å². The zero-order valence-electron chi connectivity index (χ0n) is 17.7. The minimum atomic E-state index is -0.487. The van der Waals surface area contributed by atoms with E-state index in [2.05, 4.69) is 21.8 Å². The number of carbonyl (C=O) groups is 1. The molecule has 9 heteroatoms. The second-order valence-electron chi connectivity index (χ2n) is 8.21. The quantitative estimate of drug-likeness (QED) is 0.763. The van der Waals surface area contributed by atoms with Gasteiger partial charge in [0.05, 0.1) is 5.02 Å². The van der Waals surface area contributed by atoms with Gasteiger partial charge in [-0.3, -0.25) is 0 Å². The monoisotopic (exact) mass is 446 g/mol. The van der Waals surface area contributed by atoms with Gasteiger partial charge in [-0.05, 0) is 36.5 Å². The summed E-state index contributed by atoms with van der Waals surface area (Å²) >= 11 is 5.77. The highest BCUT2D eigenvalue weighted by molar-refractivity contribution is 6.30. The third kappa shape index (κ3) is 4.60. The van der Waals surface area contributed by atoms with Crippen LogP contribution in [0.15, 0.2) is 24.5 Å². The highest BCUT2D eigenvalue weighted by Gasteiger charge is 2.30. The molecule has 1 aromatic heterocycles. The largest absolute Gasteiger partial charge is 0.353 e. The van der Waals surface area contributed by atoms with Gasteiger partial charge in [0.15, 0.2) is 0 Å². The van der Waals surface area contributed by atoms with E-state index in [-0.39, 0.29) is 11.1 Å². The zero-order chi connectivity index (χ0) is 22.0. The van der Waals surface area contributed by atoms with E-state index in [4.69, 9.17) is 17.3 Å². The van der Waals surface area contributed by atoms with Gasteiger partial charge in [-0.2, -0.15) is 0 Å². The number of piperazine rings is 1. The van der Waals surface area contributed by atoms with E-state index in [9.17, 15) is 9.18 Å². The van der Waals surface area contributed by atoms with Crippen molar-refractivity contribution in [3.05, 3.63) is 52.2 Å². The standard InChI is InChI=1S/C22H28ClFN6O/c1-15-2-5-19-20(15)21(27-14-26-19)28-8-10-29(11-9-28)22(31)30(7-6-25)13-16-3-4-17(23)18(24)12-16/h3-4,12,14-15H,2,5-11,13,25H2,1H3. The summed E-state index contributed by atoms with van der Waals surface area (Å²) in [5.74, 6) is 0.989. The molecular weight excluding hydrogens is 419 g/mol. The van der Waals surface area contributed by atoms with Gasteiger partial charge in [0.25, 0.3) is 0 Å². The van der Waals surface area contributed by atoms with E-state index < -0.39 is 5.82 Å². The molecule has 1 atom stereocenters. The molecule has 1 aliphatic heterocycles. The average molecular weight is 447 g/mol. The smallest absolute Gasteiger partial charge is 0.320 e. The summed E-state index contributed by atoms with van der Waals surface area (Å²) in [7, 11) is 0. The fraction of sp³-hybridized carbons (Fsp3) is 0.500. The highest BCUT2D eigenvalue weighted by Crippen LogP contribution is 2.37. The van der Waals surface area contributed by atoms with Crippen LogP contribution in [0.2, 0.25) is 5.02 Å². The number of anilines is 1. The van der Waals surface area contributed by atoms with Crippen LogP contribution in [0.25, 0.3) is 0 Å². The minimum Gasteiger partial charge on any atom is -0.353 e. The summed E-state index contributed by atoms with van der Waals surface area (Å²) in [6, 6.07) is 4.53. The maximum atomic E-state index is 13.8. The number of aromatic nitrogens is 2. The molecule has 0 saturated carbocycles. The lowest BCUT2D eigenvalue weighted by atomic mass is 10.1. The van der Waals surface area contributed by atoms with Crippen molar-refractivity contribution in [1.29, 1.82) is 0 Å². The molecule has 1 aliphatic carbocycles. The van der Waals surface area contributed by atoms with Crippen molar-refractivity contribution in [2.45, 2.75) is 32.2 Å². The normalized spacial score (nSPS) is 18.3. The molecule has 7 nitrogen and oxygen atoms in total. The van der Waals surface area contributed by atoms with Gasteiger partial charge in [0.2, 0.25) is 0 Å². The molecule has 31 heavy (non-hydrogen) atoms. The van der Waals surface area contributed by atoms with Crippen LogP contribution in [-0.2, 0) is 13.0 Å². The van der Waals surface area contributed by atoms with Crippen LogP contribution in [0.5, 0.6) is 0 Å². The number of benzene rings is 1. The van der Waals surface area contributed by atoms with E-state index in [0.717, 1.165) is 24.4 Å². The maximum Gasteiger partial charge on any atom is 0.320 e. The first-order chi connectivity index (χ1) is 15.0. The first kappa shape index (κ1) is 21.8. The Kier molecular flexibility index (Phi) is 6.57. The number of halogens is 2. The lowest BCUT2D eigenvalue weighted by Crippen LogP contribution is -2.53. The first-order valence-electron chi connectivity index (χ1n) is 10.7. The fourth-order valence-corrected chi connectivity index (χ4v) is 4.56. The van der Waals surface area contributed by atoms with E-state index in [1.54, 1.807) is 17.3 Å². The molecule has 1 saturated heterocycles. The van der Waals surface area contributed by atoms with Gasteiger partial charge in [0, 0.05) is 57.1 Å². The number of nitrogens with two attached hydrogens (primary N) is 1. The topological polar surface area (TPSA) is 78.6 Å². The van der Waals surface area contributed by atoms with Gasteiger partial charge < -0.3 is 20.4 Å². The number of hydrogen-bond donors (Lipinski definition) is 1. The number of hydrogen-bond acceptors (Lipinski definition) is 5. The Labute approximate surface area is 187 Å². The molecule has 166 valence electrons. The van der Waals surface area contributed by atoms with Gasteiger partial charge in [-0.15, -0.1) is 0 Å². The summed E-state index contributed by atoms with van der Waals surface area (Å²) in [6.07, 6.45) is 3.76. The third-order valence-corrected chi connectivity index (χ3v) is 6.44. The van der Waals surface area contributed by atoms with Crippen molar-refractivity contribution in [3.8, 4) is 0 Å². The fourth-order valence-electron chi connectivity index (χ4n) is 4.44. The van der Waals surface area contributed by atoms with E-state index in [1.807, 2.05) is 4.90 Å². The predicted molar refractivity (Wildman–Crippen MR) is 119 cm³/mol. The highest BCUT2D eigenvalue weighted by atomic mass is 35.5. The van der Waals surface area contributed by atoms with Crippen LogP contribution >= 0.6 is 11.6 Å². The molecule has 1 fully saturated rings. The lowest BCUT2D eigenvalue weighted by molar-refractivity contribution is 0.148. The molecule has 2 N–H and O–H groups in total. The third-order valence-electron chi connectivity index (χ3n) is 6.13. The summed E-state index contributed by atoms with van der Waals surface area (Å²) < 4.78 is 13.8. The maximum absolute atomic E-state index is 13.8. The summed E-state index contributed by atoms with van der Waals surface area (Å²) in [5.41, 5.74) is 8.84.